The van der Waals surface area contributed by atoms with Crippen molar-refractivity contribution < 1.29 is 13.6 Å². The SMILES string of the molecule is O=C(NCc1ncc(F)cc1F)c1cnc(N2CCC(N3CCCCC3)CC2)s1. The largest absolute Gasteiger partial charge is 0.348 e. The number of hydrogen-bond donors (Lipinski definition) is 1. The van der Waals surface area contributed by atoms with E-state index in [9.17, 15) is 13.6 Å². The smallest absolute Gasteiger partial charge is 0.263 e. The summed E-state index contributed by atoms with van der Waals surface area (Å²) in [6.45, 7) is 4.23. The second-order valence-corrected chi connectivity index (χ2v) is 8.60. The molecule has 2 fully saturated rings. The van der Waals surface area contributed by atoms with Crippen LogP contribution in [-0.2, 0) is 6.54 Å². The van der Waals surface area contributed by atoms with Gasteiger partial charge in [-0.1, -0.05) is 17.8 Å². The molecule has 0 atom stereocenters. The number of likely N-dealkylation sites (tertiary alicyclic amines) is 1. The van der Waals surface area contributed by atoms with Gasteiger partial charge in [0.25, 0.3) is 5.91 Å². The number of carbonyl (C=O) groups is 1. The average Bonchev–Trinajstić information content (AvgIpc) is 3.24. The maximum absolute atomic E-state index is 13.6. The number of hydrogen-bond acceptors (Lipinski definition) is 6. The molecule has 2 aromatic heterocycles. The highest BCUT2D eigenvalue weighted by molar-refractivity contribution is 7.17. The number of nitrogens with one attached hydrogen (secondary N) is 1. The van der Waals surface area contributed by atoms with Crippen LogP contribution in [-0.4, -0.2) is 53.0 Å². The molecular weight excluding hydrogens is 396 g/mol. The van der Waals surface area contributed by atoms with Gasteiger partial charge in [-0.2, -0.15) is 0 Å². The van der Waals surface area contributed by atoms with E-state index in [1.807, 2.05) is 0 Å². The molecule has 0 saturated carbocycles. The highest BCUT2D eigenvalue weighted by Gasteiger charge is 2.27. The summed E-state index contributed by atoms with van der Waals surface area (Å²) in [5.74, 6) is -1.84. The van der Waals surface area contributed by atoms with Crippen molar-refractivity contribution in [3.05, 3.63) is 40.7 Å². The lowest BCUT2D eigenvalue weighted by Crippen LogP contribution is -2.46. The molecule has 0 unspecified atom stereocenters. The topological polar surface area (TPSA) is 61.4 Å². The first kappa shape index (κ1) is 20.2. The number of aromatic nitrogens is 2. The number of pyridine rings is 1. The molecule has 4 heterocycles. The number of amides is 1. The van der Waals surface area contributed by atoms with Gasteiger partial charge in [0.05, 0.1) is 24.6 Å². The molecule has 6 nitrogen and oxygen atoms in total. The Bertz CT molecular complexity index is 847. The first-order valence-electron chi connectivity index (χ1n) is 10.1. The number of anilines is 1. The average molecular weight is 422 g/mol. The molecule has 29 heavy (non-hydrogen) atoms. The zero-order chi connectivity index (χ0) is 20.2. The summed E-state index contributed by atoms with van der Waals surface area (Å²) >= 11 is 1.34. The molecule has 2 aliphatic heterocycles. The molecule has 0 aromatic carbocycles. The number of thiazole rings is 1. The minimum Gasteiger partial charge on any atom is -0.348 e. The third-order valence-corrected chi connectivity index (χ3v) is 6.72. The molecule has 1 N–H and O–H groups in total. The third-order valence-electron chi connectivity index (χ3n) is 5.66. The van der Waals surface area contributed by atoms with Gasteiger partial charge in [0.15, 0.2) is 5.13 Å². The molecule has 0 radical (unpaired) electrons. The van der Waals surface area contributed by atoms with Crippen LogP contribution in [0.3, 0.4) is 0 Å². The monoisotopic (exact) mass is 421 g/mol. The summed E-state index contributed by atoms with van der Waals surface area (Å²) in [7, 11) is 0. The summed E-state index contributed by atoms with van der Waals surface area (Å²) in [6.07, 6.45) is 8.70. The van der Waals surface area contributed by atoms with Gasteiger partial charge in [-0.15, -0.1) is 0 Å². The van der Waals surface area contributed by atoms with Crippen LogP contribution in [0.15, 0.2) is 18.5 Å². The molecule has 2 saturated heterocycles. The molecule has 0 aliphatic carbocycles. The maximum Gasteiger partial charge on any atom is 0.263 e. The third kappa shape index (κ3) is 4.90. The van der Waals surface area contributed by atoms with Crippen LogP contribution in [0.4, 0.5) is 13.9 Å². The Morgan fingerprint density at radius 1 is 1.10 bits per heavy atom. The van der Waals surface area contributed by atoms with Crippen molar-refractivity contribution in [2.75, 3.05) is 31.1 Å². The van der Waals surface area contributed by atoms with Crippen LogP contribution < -0.4 is 10.2 Å². The van der Waals surface area contributed by atoms with E-state index in [-0.39, 0.29) is 18.1 Å². The minimum absolute atomic E-state index is 0.00396. The predicted octanol–water partition coefficient (Wildman–Crippen LogP) is 3.20. The molecule has 1 amide bonds. The van der Waals surface area contributed by atoms with Gasteiger partial charge < -0.3 is 15.1 Å². The van der Waals surface area contributed by atoms with Gasteiger partial charge in [0, 0.05) is 25.2 Å². The second kappa shape index (κ2) is 9.13. The van der Waals surface area contributed by atoms with E-state index in [4.69, 9.17) is 0 Å². The number of nitrogens with zero attached hydrogens (tertiary/aromatic N) is 4. The molecule has 2 aliphatic rings. The highest BCUT2D eigenvalue weighted by atomic mass is 32.1. The highest BCUT2D eigenvalue weighted by Crippen LogP contribution is 2.28. The summed E-state index contributed by atoms with van der Waals surface area (Å²) in [5.41, 5.74) is 0.00396. The molecule has 156 valence electrons. The Hall–Kier alpha value is -2.13. The van der Waals surface area contributed by atoms with Crippen LogP contribution in [0.5, 0.6) is 0 Å². The van der Waals surface area contributed by atoms with Crippen LogP contribution in [0.2, 0.25) is 0 Å². The van der Waals surface area contributed by atoms with E-state index in [0.29, 0.717) is 10.9 Å². The van der Waals surface area contributed by atoms with Crippen molar-refractivity contribution >= 4 is 22.4 Å². The number of carbonyl (C=O) groups excluding carboxylic acids is 1. The van der Waals surface area contributed by atoms with Gasteiger partial charge in [0.2, 0.25) is 0 Å². The van der Waals surface area contributed by atoms with Gasteiger partial charge in [0.1, 0.15) is 16.5 Å². The molecule has 4 rings (SSSR count). The quantitative estimate of drug-likeness (QED) is 0.803. The lowest BCUT2D eigenvalue weighted by atomic mass is 10.0. The van der Waals surface area contributed by atoms with E-state index in [1.54, 1.807) is 6.20 Å². The number of rotatable bonds is 5. The molecule has 0 bridgehead atoms. The standard InChI is InChI=1S/C20H25F2N5OS/c21-14-10-16(22)17(23-11-14)12-24-19(28)18-13-25-20(29-18)27-8-4-15(5-9-27)26-6-2-1-3-7-26/h10-11,13,15H,1-9,12H2,(H,24,28). The van der Waals surface area contributed by atoms with Gasteiger partial charge in [-0.05, 0) is 38.8 Å². The van der Waals surface area contributed by atoms with Gasteiger partial charge in [-0.3, -0.25) is 9.78 Å². The van der Waals surface area contributed by atoms with Crippen molar-refractivity contribution in [2.45, 2.75) is 44.7 Å². The Morgan fingerprint density at radius 3 is 2.59 bits per heavy atom. The van der Waals surface area contributed by atoms with Crippen molar-refractivity contribution in [2.24, 2.45) is 0 Å². The van der Waals surface area contributed by atoms with Crippen molar-refractivity contribution in [1.29, 1.82) is 0 Å². The van der Waals surface area contributed by atoms with Gasteiger partial charge >= 0.3 is 0 Å². The van der Waals surface area contributed by atoms with E-state index >= 15 is 0 Å². The Labute approximate surface area is 172 Å². The summed E-state index contributed by atoms with van der Waals surface area (Å²) in [4.78, 5) is 25.8. The van der Waals surface area contributed by atoms with E-state index in [1.165, 1.54) is 43.7 Å². The van der Waals surface area contributed by atoms with Crippen molar-refractivity contribution in [3.63, 3.8) is 0 Å². The zero-order valence-corrected chi connectivity index (χ0v) is 17.1. The van der Waals surface area contributed by atoms with Crippen molar-refractivity contribution in [3.8, 4) is 0 Å². The minimum atomic E-state index is -0.771. The normalized spacial score (nSPS) is 18.8. The van der Waals surface area contributed by atoms with Crippen LogP contribution in [0, 0.1) is 11.6 Å². The van der Waals surface area contributed by atoms with E-state index in [0.717, 1.165) is 43.3 Å². The van der Waals surface area contributed by atoms with E-state index in [2.05, 4.69) is 25.1 Å². The fraction of sp³-hybridized carbons (Fsp3) is 0.550. The van der Waals surface area contributed by atoms with Crippen LogP contribution in [0.1, 0.15) is 47.5 Å². The fourth-order valence-corrected chi connectivity index (χ4v) is 4.93. The van der Waals surface area contributed by atoms with E-state index < -0.39 is 11.6 Å². The lowest BCUT2D eigenvalue weighted by molar-refractivity contribution is 0.0954. The lowest BCUT2D eigenvalue weighted by Gasteiger charge is -2.40. The summed E-state index contributed by atoms with van der Waals surface area (Å²) in [6, 6.07) is 1.42. The first-order valence-corrected chi connectivity index (χ1v) is 10.9. The van der Waals surface area contributed by atoms with Crippen LogP contribution >= 0.6 is 11.3 Å². The fourth-order valence-electron chi connectivity index (χ4n) is 4.05. The molecule has 9 heteroatoms. The molecule has 0 spiro atoms. The Morgan fingerprint density at radius 2 is 1.86 bits per heavy atom. The Kier molecular flexibility index (Phi) is 6.34. The number of halogens is 2. The predicted molar refractivity (Wildman–Crippen MR) is 108 cm³/mol. The maximum atomic E-state index is 13.6. The Balaban J connectivity index is 1.29. The van der Waals surface area contributed by atoms with Crippen molar-refractivity contribution in [1.82, 2.24) is 20.2 Å². The first-order chi connectivity index (χ1) is 14.1. The number of piperidine rings is 2. The van der Waals surface area contributed by atoms with Gasteiger partial charge in [-0.25, -0.2) is 13.8 Å². The zero-order valence-electron chi connectivity index (χ0n) is 16.2. The second-order valence-electron chi connectivity index (χ2n) is 7.59. The molecular formula is C20H25F2N5OS. The molecule has 2 aromatic rings. The summed E-state index contributed by atoms with van der Waals surface area (Å²) in [5, 5.41) is 3.47. The van der Waals surface area contributed by atoms with Crippen LogP contribution in [0.25, 0.3) is 0 Å². The summed E-state index contributed by atoms with van der Waals surface area (Å²) < 4.78 is 26.6.